The van der Waals surface area contributed by atoms with Gasteiger partial charge in [-0.2, -0.15) is 0 Å². The Hall–Kier alpha value is -2.34. The molecule has 0 heterocycles. The van der Waals surface area contributed by atoms with E-state index in [9.17, 15) is 0 Å². The molecule has 0 saturated heterocycles. The van der Waals surface area contributed by atoms with Crippen LogP contribution in [0.5, 0.6) is 0 Å². The zero-order chi connectivity index (χ0) is 16.4. The van der Waals surface area contributed by atoms with Crippen molar-refractivity contribution in [1.29, 1.82) is 0 Å². The Morgan fingerprint density at radius 1 is 0.652 bits per heavy atom. The van der Waals surface area contributed by atoms with Crippen molar-refractivity contribution in [1.82, 2.24) is 0 Å². The molecular weight excluding hydrogens is 276 g/mol. The molecule has 0 unspecified atom stereocenters. The minimum atomic E-state index is 0.142. The quantitative estimate of drug-likeness (QED) is 0.498. The van der Waals surface area contributed by atoms with Crippen molar-refractivity contribution < 1.29 is 0 Å². The molecule has 0 N–H and O–H groups in total. The summed E-state index contributed by atoms with van der Waals surface area (Å²) in [5, 5.41) is 0. The van der Waals surface area contributed by atoms with Crippen LogP contribution in [0, 0.1) is 6.92 Å². The van der Waals surface area contributed by atoms with Gasteiger partial charge in [0.1, 0.15) is 0 Å². The fraction of sp³-hybridized carbons (Fsp3) is 0.217. The van der Waals surface area contributed by atoms with Crippen LogP contribution in [0.3, 0.4) is 0 Å². The van der Waals surface area contributed by atoms with E-state index in [1.54, 1.807) is 0 Å². The Kier molecular flexibility index (Phi) is 4.09. The molecule has 3 aromatic carbocycles. The van der Waals surface area contributed by atoms with E-state index >= 15 is 0 Å². The third-order valence-corrected chi connectivity index (χ3v) is 4.35. The average Bonchev–Trinajstić information content (AvgIpc) is 2.55. The standard InChI is InChI=1S/C23H24/c1-17-15-20(23(2,3)4)16-21(18-11-7-5-8-12-18)22(17)19-13-9-6-10-14-19/h5-16H,1-4H3. The van der Waals surface area contributed by atoms with Crippen molar-refractivity contribution in [3.8, 4) is 22.3 Å². The molecule has 0 aromatic heterocycles. The highest BCUT2D eigenvalue weighted by molar-refractivity contribution is 5.86. The zero-order valence-corrected chi connectivity index (χ0v) is 14.4. The molecular formula is C23H24. The zero-order valence-electron chi connectivity index (χ0n) is 14.4. The minimum Gasteiger partial charge on any atom is -0.0622 e. The van der Waals surface area contributed by atoms with E-state index < -0.39 is 0 Å². The SMILES string of the molecule is Cc1cc(C(C)(C)C)cc(-c2ccccc2)c1-c1ccccc1. The molecule has 0 radical (unpaired) electrons. The number of hydrogen-bond acceptors (Lipinski definition) is 0. The molecule has 116 valence electrons. The second kappa shape index (κ2) is 6.04. The van der Waals surface area contributed by atoms with Crippen molar-refractivity contribution in [2.75, 3.05) is 0 Å². The van der Waals surface area contributed by atoms with Gasteiger partial charge in [0.15, 0.2) is 0 Å². The first kappa shape index (κ1) is 15.6. The molecule has 23 heavy (non-hydrogen) atoms. The Morgan fingerprint density at radius 3 is 1.70 bits per heavy atom. The summed E-state index contributed by atoms with van der Waals surface area (Å²) >= 11 is 0. The van der Waals surface area contributed by atoms with E-state index in [1.165, 1.54) is 33.4 Å². The third kappa shape index (κ3) is 3.22. The molecule has 0 bridgehead atoms. The van der Waals surface area contributed by atoms with E-state index in [0.717, 1.165) is 0 Å². The highest BCUT2D eigenvalue weighted by Gasteiger charge is 2.18. The molecule has 0 aliphatic rings. The van der Waals surface area contributed by atoms with E-state index in [4.69, 9.17) is 0 Å². The van der Waals surface area contributed by atoms with Gasteiger partial charge in [0.05, 0.1) is 0 Å². The van der Waals surface area contributed by atoms with E-state index in [0.29, 0.717) is 0 Å². The van der Waals surface area contributed by atoms with Crippen molar-refractivity contribution in [2.45, 2.75) is 33.1 Å². The van der Waals surface area contributed by atoms with Crippen LogP contribution in [-0.4, -0.2) is 0 Å². The van der Waals surface area contributed by atoms with Crippen LogP contribution in [0.1, 0.15) is 31.9 Å². The summed E-state index contributed by atoms with van der Waals surface area (Å²) < 4.78 is 0. The van der Waals surface area contributed by atoms with Crippen LogP contribution in [0.15, 0.2) is 72.8 Å². The van der Waals surface area contributed by atoms with Crippen molar-refractivity contribution in [3.63, 3.8) is 0 Å². The van der Waals surface area contributed by atoms with Crippen LogP contribution in [0.4, 0.5) is 0 Å². The first-order valence-electron chi connectivity index (χ1n) is 8.23. The van der Waals surface area contributed by atoms with Crippen LogP contribution >= 0.6 is 0 Å². The summed E-state index contributed by atoms with van der Waals surface area (Å²) in [6, 6.07) is 26.1. The number of aryl methyl sites for hydroxylation is 1. The predicted molar refractivity (Wildman–Crippen MR) is 101 cm³/mol. The van der Waals surface area contributed by atoms with Crippen molar-refractivity contribution in [3.05, 3.63) is 83.9 Å². The van der Waals surface area contributed by atoms with Gasteiger partial charge in [-0.3, -0.25) is 0 Å². The lowest BCUT2D eigenvalue weighted by Gasteiger charge is -2.23. The second-order valence-corrected chi connectivity index (χ2v) is 7.20. The largest absolute Gasteiger partial charge is 0.0622 e. The summed E-state index contributed by atoms with van der Waals surface area (Å²) in [4.78, 5) is 0. The summed E-state index contributed by atoms with van der Waals surface area (Å²) in [6.07, 6.45) is 0. The minimum absolute atomic E-state index is 0.142. The summed E-state index contributed by atoms with van der Waals surface area (Å²) in [5.74, 6) is 0. The molecule has 0 fully saturated rings. The molecule has 0 heteroatoms. The van der Waals surface area contributed by atoms with Gasteiger partial charge in [0.2, 0.25) is 0 Å². The molecule has 0 atom stereocenters. The van der Waals surface area contributed by atoms with E-state index in [-0.39, 0.29) is 5.41 Å². The maximum Gasteiger partial charge on any atom is -0.00759 e. The number of hydrogen-bond donors (Lipinski definition) is 0. The molecule has 0 spiro atoms. The lowest BCUT2D eigenvalue weighted by atomic mass is 9.81. The van der Waals surface area contributed by atoms with Crippen LogP contribution < -0.4 is 0 Å². The van der Waals surface area contributed by atoms with Crippen LogP contribution in [0.25, 0.3) is 22.3 Å². The fourth-order valence-corrected chi connectivity index (χ4v) is 3.05. The Morgan fingerprint density at radius 2 is 1.17 bits per heavy atom. The van der Waals surface area contributed by atoms with Crippen LogP contribution in [0.2, 0.25) is 0 Å². The van der Waals surface area contributed by atoms with Gasteiger partial charge >= 0.3 is 0 Å². The van der Waals surface area contributed by atoms with E-state index in [1.807, 2.05) is 0 Å². The normalized spacial score (nSPS) is 11.5. The lowest BCUT2D eigenvalue weighted by molar-refractivity contribution is 0.590. The highest BCUT2D eigenvalue weighted by atomic mass is 14.2. The van der Waals surface area contributed by atoms with Crippen LogP contribution in [-0.2, 0) is 5.41 Å². The molecule has 3 rings (SSSR count). The van der Waals surface area contributed by atoms with Gasteiger partial charge in [0.25, 0.3) is 0 Å². The average molecular weight is 300 g/mol. The summed E-state index contributed by atoms with van der Waals surface area (Å²) in [5.41, 5.74) is 8.08. The summed E-state index contributed by atoms with van der Waals surface area (Å²) in [7, 11) is 0. The Labute approximate surface area is 139 Å². The monoisotopic (exact) mass is 300 g/mol. The molecule has 3 aromatic rings. The maximum atomic E-state index is 2.37. The van der Waals surface area contributed by atoms with Gasteiger partial charge in [0, 0.05) is 0 Å². The lowest BCUT2D eigenvalue weighted by Crippen LogP contribution is -2.12. The summed E-state index contributed by atoms with van der Waals surface area (Å²) in [6.45, 7) is 9.06. The highest BCUT2D eigenvalue weighted by Crippen LogP contribution is 2.38. The van der Waals surface area contributed by atoms with Crippen molar-refractivity contribution >= 4 is 0 Å². The Bertz CT molecular complexity index is 791. The van der Waals surface area contributed by atoms with Gasteiger partial charge < -0.3 is 0 Å². The topological polar surface area (TPSA) is 0 Å². The fourth-order valence-electron chi connectivity index (χ4n) is 3.05. The second-order valence-electron chi connectivity index (χ2n) is 7.20. The van der Waals surface area contributed by atoms with Gasteiger partial charge in [-0.1, -0.05) is 87.5 Å². The van der Waals surface area contributed by atoms with Crippen molar-refractivity contribution in [2.24, 2.45) is 0 Å². The molecule has 0 nitrogen and oxygen atoms in total. The molecule has 0 amide bonds. The van der Waals surface area contributed by atoms with E-state index in [2.05, 4.69) is 100 Å². The first-order valence-corrected chi connectivity index (χ1v) is 8.23. The smallest absolute Gasteiger partial charge is 0.00759 e. The first-order chi connectivity index (χ1) is 11.0. The predicted octanol–water partition coefficient (Wildman–Crippen LogP) is 6.63. The Balaban J connectivity index is 2.31. The van der Waals surface area contributed by atoms with Gasteiger partial charge in [-0.15, -0.1) is 0 Å². The maximum absolute atomic E-state index is 2.37. The molecule has 0 aliphatic heterocycles. The number of benzene rings is 3. The molecule has 0 saturated carbocycles. The number of rotatable bonds is 2. The van der Waals surface area contributed by atoms with Gasteiger partial charge in [-0.05, 0) is 51.8 Å². The third-order valence-electron chi connectivity index (χ3n) is 4.35. The molecule has 0 aliphatic carbocycles. The van der Waals surface area contributed by atoms with Gasteiger partial charge in [-0.25, -0.2) is 0 Å².